The largest absolute Gasteiger partial charge is 0.368 e. The number of rotatable bonds is 6. The van der Waals surface area contributed by atoms with E-state index in [0.717, 1.165) is 16.5 Å². The van der Waals surface area contributed by atoms with Crippen LogP contribution in [0.2, 0.25) is 5.02 Å². The molecule has 0 aliphatic carbocycles. The number of carbonyl (C=O) groups excluding carboxylic acids is 1. The predicted molar refractivity (Wildman–Crippen MR) is 107 cm³/mol. The third-order valence-corrected chi connectivity index (χ3v) is 6.17. The van der Waals surface area contributed by atoms with Gasteiger partial charge in [0.2, 0.25) is 15.9 Å². The highest BCUT2D eigenvalue weighted by Crippen LogP contribution is 2.26. The summed E-state index contributed by atoms with van der Waals surface area (Å²) in [5, 5.41) is 1.99. The van der Waals surface area contributed by atoms with E-state index in [2.05, 4.69) is 4.72 Å². The number of nitrogens with two attached hydrogens (primary N) is 1. The number of nitrogens with one attached hydrogen (secondary N) is 1. The third-order valence-electron chi connectivity index (χ3n) is 4.39. The first kappa shape index (κ1) is 19.4. The van der Waals surface area contributed by atoms with E-state index < -0.39 is 22.0 Å². The summed E-state index contributed by atoms with van der Waals surface area (Å²) in [7, 11) is -3.95. The zero-order chi connectivity index (χ0) is 19.6. The summed E-state index contributed by atoms with van der Waals surface area (Å²) in [5.41, 5.74) is 7.16. The van der Waals surface area contributed by atoms with Crippen molar-refractivity contribution in [1.82, 2.24) is 4.72 Å². The molecule has 1 atom stereocenters. The van der Waals surface area contributed by atoms with Crippen LogP contribution in [0.3, 0.4) is 0 Å². The number of sulfonamides is 1. The summed E-state index contributed by atoms with van der Waals surface area (Å²) in [4.78, 5) is 12.0. The van der Waals surface area contributed by atoms with Crippen molar-refractivity contribution < 1.29 is 13.2 Å². The summed E-state index contributed by atoms with van der Waals surface area (Å²) in [6, 6.07) is 16.3. The van der Waals surface area contributed by atoms with Crippen molar-refractivity contribution in [1.29, 1.82) is 0 Å². The van der Waals surface area contributed by atoms with Crippen LogP contribution < -0.4 is 10.5 Å². The summed E-state index contributed by atoms with van der Waals surface area (Å²) in [5.74, 6) is -0.745. The average Bonchev–Trinajstić information content (AvgIpc) is 2.63. The van der Waals surface area contributed by atoms with Crippen LogP contribution in [-0.2, 0) is 21.2 Å². The van der Waals surface area contributed by atoms with Crippen LogP contribution in [0.4, 0.5) is 0 Å². The minimum atomic E-state index is -3.95. The van der Waals surface area contributed by atoms with Gasteiger partial charge in [-0.1, -0.05) is 54.1 Å². The van der Waals surface area contributed by atoms with Gasteiger partial charge in [-0.05, 0) is 48.1 Å². The predicted octanol–water partition coefficient (Wildman–Crippen LogP) is 3.18. The minimum Gasteiger partial charge on any atom is -0.368 e. The van der Waals surface area contributed by atoms with Crippen LogP contribution in [-0.4, -0.2) is 20.4 Å². The summed E-state index contributed by atoms with van der Waals surface area (Å²) >= 11 is 5.86. The smallest absolute Gasteiger partial charge is 0.241 e. The Morgan fingerprint density at radius 1 is 1.04 bits per heavy atom. The second kappa shape index (κ2) is 7.68. The van der Waals surface area contributed by atoms with Crippen LogP contribution in [0.15, 0.2) is 65.6 Å². The number of primary amides is 1. The molecule has 140 valence electrons. The van der Waals surface area contributed by atoms with Gasteiger partial charge in [-0.3, -0.25) is 4.79 Å². The summed E-state index contributed by atoms with van der Waals surface area (Å²) in [6.45, 7) is 1.92. The van der Waals surface area contributed by atoms with Crippen LogP contribution >= 0.6 is 11.6 Å². The molecule has 3 rings (SSSR count). The zero-order valence-electron chi connectivity index (χ0n) is 14.6. The normalized spacial score (nSPS) is 12.8. The number of amides is 1. The van der Waals surface area contributed by atoms with E-state index in [1.165, 1.54) is 0 Å². The highest BCUT2D eigenvalue weighted by molar-refractivity contribution is 7.89. The molecule has 0 saturated carbocycles. The fraction of sp³-hybridized carbons (Fsp3) is 0.150. The molecule has 0 aliphatic heterocycles. The Labute approximate surface area is 163 Å². The first-order valence-electron chi connectivity index (χ1n) is 8.32. The first-order chi connectivity index (χ1) is 12.8. The van der Waals surface area contributed by atoms with Crippen molar-refractivity contribution in [2.45, 2.75) is 24.3 Å². The molecule has 0 heterocycles. The van der Waals surface area contributed by atoms with Gasteiger partial charge in [0.15, 0.2) is 0 Å². The van der Waals surface area contributed by atoms with Gasteiger partial charge in [0.05, 0.1) is 4.90 Å². The Morgan fingerprint density at radius 2 is 1.67 bits per heavy atom. The lowest BCUT2D eigenvalue weighted by atomic mass is 10.1. The Kier molecular flexibility index (Phi) is 5.51. The lowest BCUT2D eigenvalue weighted by Crippen LogP contribution is -2.45. The molecule has 0 spiro atoms. The monoisotopic (exact) mass is 402 g/mol. The van der Waals surface area contributed by atoms with E-state index in [0.29, 0.717) is 10.4 Å². The maximum absolute atomic E-state index is 13.0. The van der Waals surface area contributed by atoms with Gasteiger partial charge < -0.3 is 5.73 Å². The lowest BCUT2D eigenvalue weighted by Gasteiger charge is -2.17. The van der Waals surface area contributed by atoms with Gasteiger partial charge in [0.1, 0.15) is 6.04 Å². The molecule has 0 bridgehead atoms. The SMILES string of the molecule is Cc1ccc(S(=O)(=O)NC(Cc2ccc(Cl)cc2)C(N)=O)c2ccccc12. The van der Waals surface area contributed by atoms with Crippen LogP contribution in [0.1, 0.15) is 11.1 Å². The molecule has 3 aromatic carbocycles. The fourth-order valence-corrected chi connectivity index (χ4v) is 4.51. The molecule has 0 aliphatic rings. The molecule has 1 amide bonds. The third kappa shape index (κ3) is 4.30. The van der Waals surface area contributed by atoms with Crippen molar-refractivity contribution in [2.24, 2.45) is 5.73 Å². The maximum atomic E-state index is 13.0. The van der Waals surface area contributed by atoms with Gasteiger partial charge in [-0.15, -0.1) is 0 Å². The molecule has 7 heteroatoms. The number of aryl methyl sites for hydroxylation is 1. The van der Waals surface area contributed by atoms with Crippen LogP contribution in [0, 0.1) is 6.92 Å². The molecule has 3 N–H and O–H groups in total. The van der Waals surface area contributed by atoms with E-state index in [-0.39, 0.29) is 11.3 Å². The molecule has 0 aromatic heterocycles. The van der Waals surface area contributed by atoms with Crippen LogP contribution in [0.5, 0.6) is 0 Å². The first-order valence-corrected chi connectivity index (χ1v) is 10.2. The Balaban J connectivity index is 1.95. The molecule has 27 heavy (non-hydrogen) atoms. The Morgan fingerprint density at radius 3 is 2.30 bits per heavy atom. The number of halogens is 1. The van der Waals surface area contributed by atoms with Gasteiger partial charge in [0.25, 0.3) is 0 Å². The van der Waals surface area contributed by atoms with Gasteiger partial charge in [-0.25, -0.2) is 8.42 Å². The Hall–Kier alpha value is -2.41. The van der Waals surface area contributed by atoms with Crippen molar-refractivity contribution in [2.75, 3.05) is 0 Å². The summed E-state index contributed by atoms with van der Waals surface area (Å²) in [6.07, 6.45) is 0.134. The van der Waals surface area contributed by atoms with Gasteiger partial charge in [0, 0.05) is 10.4 Å². The van der Waals surface area contributed by atoms with E-state index in [1.54, 1.807) is 48.5 Å². The van der Waals surface area contributed by atoms with Gasteiger partial charge >= 0.3 is 0 Å². The zero-order valence-corrected chi connectivity index (χ0v) is 16.2. The maximum Gasteiger partial charge on any atom is 0.241 e. The second-order valence-corrected chi connectivity index (χ2v) is 8.45. The lowest BCUT2D eigenvalue weighted by molar-refractivity contribution is -0.119. The number of fused-ring (bicyclic) bond motifs is 1. The van der Waals surface area contributed by atoms with Crippen LogP contribution in [0.25, 0.3) is 10.8 Å². The van der Waals surface area contributed by atoms with Crippen molar-refractivity contribution in [3.05, 3.63) is 76.8 Å². The average molecular weight is 403 g/mol. The molecular weight excluding hydrogens is 384 g/mol. The van der Waals surface area contributed by atoms with E-state index in [4.69, 9.17) is 17.3 Å². The quantitative estimate of drug-likeness (QED) is 0.663. The van der Waals surface area contributed by atoms with E-state index in [1.807, 2.05) is 19.1 Å². The van der Waals surface area contributed by atoms with Gasteiger partial charge in [-0.2, -0.15) is 4.72 Å². The summed E-state index contributed by atoms with van der Waals surface area (Å²) < 4.78 is 28.4. The molecule has 0 saturated heterocycles. The van der Waals surface area contributed by atoms with Crippen molar-refractivity contribution in [3.8, 4) is 0 Å². The minimum absolute atomic E-state index is 0.117. The molecule has 0 fully saturated rings. The topological polar surface area (TPSA) is 89.3 Å². The number of hydrogen-bond donors (Lipinski definition) is 2. The number of hydrogen-bond acceptors (Lipinski definition) is 3. The molecular formula is C20H19ClN2O3S. The van der Waals surface area contributed by atoms with E-state index >= 15 is 0 Å². The van der Waals surface area contributed by atoms with Crippen molar-refractivity contribution >= 4 is 38.3 Å². The second-order valence-electron chi connectivity index (χ2n) is 6.33. The number of carbonyl (C=O) groups is 1. The molecule has 3 aromatic rings. The van der Waals surface area contributed by atoms with Crippen molar-refractivity contribution in [3.63, 3.8) is 0 Å². The standard InChI is InChI=1S/C20H19ClN2O3S/c1-13-6-11-19(17-5-3-2-4-16(13)17)27(25,26)23-18(20(22)24)12-14-7-9-15(21)10-8-14/h2-11,18,23H,12H2,1H3,(H2,22,24). The van der Waals surface area contributed by atoms with E-state index in [9.17, 15) is 13.2 Å². The highest BCUT2D eigenvalue weighted by Gasteiger charge is 2.26. The number of benzene rings is 3. The molecule has 5 nitrogen and oxygen atoms in total. The highest BCUT2D eigenvalue weighted by atomic mass is 35.5. The Bertz CT molecular complexity index is 1100. The molecule has 1 unspecified atom stereocenters. The fourth-order valence-electron chi connectivity index (χ4n) is 2.96. The molecule has 0 radical (unpaired) electrons.